The Morgan fingerprint density at radius 2 is 1.76 bits per heavy atom. The van der Waals surface area contributed by atoms with Crippen molar-refractivity contribution in [3.8, 4) is 0 Å². The third-order valence-corrected chi connectivity index (χ3v) is 4.18. The number of carbonyl (C=O) groups is 1. The van der Waals surface area contributed by atoms with Gasteiger partial charge in [0.1, 0.15) is 0 Å². The fourth-order valence-corrected chi connectivity index (χ4v) is 2.68. The van der Waals surface area contributed by atoms with Crippen LogP contribution in [0.1, 0.15) is 13.3 Å². The molecular weight excluding hydrogens is 290 g/mol. The highest BCUT2D eigenvalue weighted by Gasteiger charge is 2.19. The molecule has 1 N–H and O–H groups in total. The largest absolute Gasteiger partial charge is 0.378 e. The molecule has 0 saturated carbocycles. The van der Waals surface area contributed by atoms with Gasteiger partial charge < -0.3 is 10.2 Å². The minimum absolute atomic E-state index is 0.165. The summed E-state index contributed by atoms with van der Waals surface area (Å²) in [5.74, 6) is -0.341. The van der Waals surface area contributed by atoms with Crippen molar-refractivity contribution in [2.24, 2.45) is 0 Å². The lowest BCUT2D eigenvalue weighted by Gasteiger charge is -2.18. The van der Waals surface area contributed by atoms with Gasteiger partial charge in [-0.1, -0.05) is 6.92 Å². The number of anilines is 2. The summed E-state index contributed by atoms with van der Waals surface area (Å²) in [6.45, 7) is 2.05. The molecule has 0 heterocycles. The van der Waals surface area contributed by atoms with E-state index >= 15 is 0 Å². The van der Waals surface area contributed by atoms with Crippen LogP contribution in [-0.4, -0.2) is 52.1 Å². The quantitative estimate of drug-likeness (QED) is 0.825. The summed E-state index contributed by atoms with van der Waals surface area (Å²) in [7, 11) is 0.499. The van der Waals surface area contributed by atoms with Gasteiger partial charge in [0.2, 0.25) is 15.9 Å². The number of nitrogens with one attached hydrogen (secondary N) is 1. The van der Waals surface area contributed by atoms with Crippen LogP contribution in [0.15, 0.2) is 24.3 Å². The fourth-order valence-electron chi connectivity index (χ4n) is 1.82. The first-order valence-electron chi connectivity index (χ1n) is 6.76. The zero-order valence-electron chi connectivity index (χ0n) is 13.0. The molecule has 0 aromatic heterocycles. The van der Waals surface area contributed by atoms with Gasteiger partial charge in [-0.2, -0.15) is 4.31 Å². The molecule has 21 heavy (non-hydrogen) atoms. The molecule has 118 valence electrons. The van der Waals surface area contributed by atoms with E-state index in [2.05, 4.69) is 5.32 Å². The molecule has 1 rings (SSSR count). The lowest BCUT2D eigenvalue weighted by molar-refractivity contribution is -0.116. The van der Waals surface area contributed by atoms with Crippen molar-refractivity contribution in [2.45, 2.75) is 13.3 Å². The first kappa shape index (κ1) is 17.5. The molecule has 0 radical (unpaired) electrons. The molecule has 0 aliphatic rings. The average Bonchev–Trinajstić information content (AvgIpc) is 2.37. The van der Waals surface area contributed by atoms with E-state index in [-0.39, 0.29) is 12.5 Å². The maximum Gasteiger partial charge on any atom is 0.239 e. The standard InChI is InChI=1S/C14H23N3O3S/c1-5-10-17(21(4,19)20)11-14(18)15-12-6-8-13(9-7-12)16(2)3/h6-9H,5,10-11H2,1-4H3,(H,15,18). The topological polar surface area (TPSA) is 69.7 Å². The Balaban J connectivity index is 2.68. The molecule has 1 aromatic carbocycles. The Bertz CT molecular complexity index is 568. The predicted molar refractivity (Wildman–Crippen MR) is 86.1 cm³/mol. The van der Waals surface area contributed by atoms with Crippen LogP contribution in [0.4, 0.5) is 11.4 Å². The van der Waals surface area contributed by atoms with Gasteiger partial charge in [-0.05, 0) is 30.7 Å². The summed E-state index contributed by atoms with van der Waals surface area (Å²) >= 11 is 0. The van der Waals surface area contributed by atoms with E-state index in [4.69, 9.17) is 0 Å². The van der Waals surface area contributed by atoms with Crippen LogP contribution in [0.25, 0.3) is 0 Å². The second kappa shape index (κ2) is 7.42. The molecule has 0 aliphatic carbocycles. The maximum atomic E-state index is 11.9. The van der Waals surface area contributed by atoms with E-state index in [1.165, 1.54) is 4.31 Å². The Morgan fingerprint density at radius 3 is 2.19 bits per heavy atom. The summed E-state index contributed by atoms with van der Waals surface area (Å²) in [4.78, 5) is 13.9. The van der Waals surface area contributed by atoms with Gasteiger partial charge in [0.05, 0.1) is 12.8 Å². The number of carbonyl (C=O) groups excluding carboxylic acids is 1. The molecule has 0 fully saturated rings. The molecule has 1 amide bonds. The number of hydrogen-bond donors (Lipinski definition) is 1. The van der Waals surface area contributed by atoms with Crippen molar-refractivity contribution >= 4 is 27.3 Å². The SMILES string of the molecule is CCCN(CC(=O)Nc1ccc(N(C)C)cc1)S(C)(=O)=O. The van der Waals surface area contributed by atoms with E-state index in [1.54, 1.807) is 12.1 Å². The number of nitrogens with zero attached hydrogens (tertiary/aromatic N) is 2. The van der Waals surface area contributed by atoms with E-state index in [0.717, 1.165) is 11.9 Å². The zero-order chi connectivity index (χ0) is 16.0. The Labute approximate surface area is 126 Å². The highest BCUT2D eigenvalue weighted by Crippen LogP contribution is 2.15. The van der Waals surface area contributed by atoms with Crippen molar-refractivity contribution in [2.75, 3.05) is 43.7 Å². The van der Waals surface area contributed by atoms with Crippen LogP contribution in [0.5, 0.6) is 0 Å². The molecule has 0 atom stereocenters. The number of hydrogen-bond acceptors (Lipinski definition) is 4. The lowest BCUT2D eigenvalue weighted by atomic mass is 10.2. The third-order valence-electron chi connectivity index (χ3n) is 2.93. The number of sulfonamides is 1. The van der Waals surface area contributed by atoms with E-state index in [1.807, 2.05) is 38.1 Å². The number of benzene rings is 1. The molecular formula is C14H23N3O3S. The molecule has 6 nitrogen and oxygen atoms in total. The minimum Gasteiger partial charge on any atom is -0.378 e. The van der Waals surface area contributed by atoms with E-state index < -0.39 is 10.0 Å². The summed E-state index contributed by atoms with van der Waals surface area (Å²) in [6.07, 6.45) is 1.78. The van der Waals surface area contributed by atoms with Gasteiger partial charge >= 0.3 is 0 Å². The lowest BCUT2D eigenvalue weighted by Crippen LogP contribution is -2.37. The Hall–Kier alpha value is -1.60. The van der Waals surface area contributed by atoms with E-state index in [9.17, 15) is 13.2 Å². The number of amides is 1. The molecule has 1 aromatic rings. The fraction of sp³-hybridized carbons (Fsp3) is 0.500. The minimum atomic E-state index is -3.37. The first-order chi connectivity index (χ1) is 9.74. The van der Waals surface area contributed by atoms with E-state index in [0.29, 0.717) is 18.7 Å². The van der Waals surface area contributed by atoms with Gasteiger partial charge in [0, 0.05) is 32.0 Å². The van der Waals surface area contributed by atoms with Crippen molar-refractivity contribution in [3.05, 3.63) is 24.3 Å². The molecule has 0 aliphatic heterocycles. The molecule has 0 saturated heterocycles. The predicted octanol–water partition coefficient (Wildman–Crippen LogP) is 1.36. The van der Waals surface area contributed by atoms with Gasteiger partial charge in [-0.15, -0.1) is 0 Å². The zero-order valence-corrected chi connectivity index (χ0v) is 13.8. The van der Waals surface area contributed by atoms with Crippen LogP contribution in [0.3, 0.4) is 0 Å². The molecule has 0 unspecified atom stereocenters. The number of rotatable bonds is 7. The van der Waals surface area contributed by atoms with Crippen molar-refractivity contribution in [3.63, 3.8) is 0 Å². The monoisotopic (exact) mass is 313 g/mol. The summed E-state index contributed by atoms with van der Waals surface area (Å²) < 4.78 is 24.3. The molecule has 7 heteroatoms. The second-order valence-electron chi connectivity index (χ2n) is 5.09. The highest BCUT2D eigenvalue weighted by molar-refractivity contribution is 7.88. The Morgan fingerprint density at radius 1 is 1.19 bits per heavy atom. The van der Waals surface area contributed by atoms with Crippen LogP contribution in [-0.2, 0) is 14.8 Å². The third kappa shape index (κ3) is 5.73. The normalized spacial score (nSPS) is 11.5. The second-order valence-corrected chi connectivity index (χ2v) is 7.07. The first-order valence-corrected chi connectivity index (χ1v) is 8.61. The molecule has 0 bridgehead atoms. The van der Waals surface area contributed by atoms with Crippen molar-refractivity contribution < 1.29 is 13.2 Å². The van der Waals surface area contributed by atoms with Gasteiger partial charge in [0.25, 0.3) is 0 Å². The van der Waals surface area contributed by atoms with Crippen LogP contribution in [0.2, 0.25) is 0 Å². The average molecular weight is 313 g/mol. The van der Waals surface area contributed by atoms with Crippen molar-refractivity contribution in [1.82, 2.24) is 4.31 Å². The smallest absolute Gasteiger partial charge is 0.239 e. The summed E-state index contributed by atoms with van der Waals surface area (Å²) in [5.41, 5.74) is 1.67. The van der Waals surface area contributed by atoms with Crippen molar-refractivity contribution in [1.29, 1.82) is 0 Å². The van der Waals surface area contributed by atoms with Gasteiger partial charge in [0.15, 0.2) is 0 Å². The maximum absolute atomic E-state index is 11.9. The highest BCUT2D eigenvalue weighted by atomic mass is 32.2. The summed E-state index contributed by atoms with van der Waals surface area (Å²) in [5, 5.41) is 2.71. The van der Waals surface area contributed by atoms with Gasteiger partial charge in [-0.25, -0.2) is 8.42 Å². The Kier molecular flexibility index (Phi) is 6.17. The van der Waals surface area contributed by atoms with Gasteiger partial charge in [-0.3, -0.25) is 4.79 Å². The van der Waals surface area contributed by atoms with Crippen LogP contribution < -0.4 is 10.2 Å². The van der Waals surface area contributed by atoms with Crippen LogP contribution >= 0.6 is 0 Å². The summed E-state index contributed by atoms with van der Waals surface area (Å²) in [6, 6.07) is 7.35. The van der Waals surface area contributed by atoms with Crippen LogP contribution in [0, 0.1) is 0 Å². The molecule has 0 spiro atoms.